The van der Waals surface area contributed by atoms with Gasteiger partial charge in [-0.1, -0.05) is 19.1 Å². The molecule has 1 aromatic heterocycles. The van der Waals surface area contributed by atoms with Crippen LogP contribution in [-0.4, -0.2) is 22.3 Å². The molecule has 1 saturated carbocycles. The summed E-state index contributed by atoms with van der Waals surface area (Å²) >= 11 is 0. The molecule has 17 heavy (non-hydrogen) atoms. The zero-order valence-electron chi connectivity index (χ0n) is 9.80. The van der Waals surface area contributed by atoms with Gasteiger partial charge >= 0.3 is 0 Å². The molecule has 1 unspecified atom stereocenters. The number of likely N-dealkylation sites (tertiary alicyclic amines) is 1. The fraction of sp³-hybridized carbons (Fsp3) is 0.429. The van der Waals surface area contributed by atoms with E-state index in [1.54, 1.807) is 6.20 Å². The van der Waals surface area contributed by atoms with Crippen LogP contribution in [0.15, 0.2) is 37.2 Å². The quantitative estimate of drug-likeness (QED) is 0.728. The molecular formula is C14H16N2O. The van der Waals surface area contributed by atoms with E-state index in [2.05, 4.69) is 17.6 Å². The second-order valence-corrected chi connectivity index (χ2v) is 5.08. The van der Waals surface area contributed by atoms with Crippen molar-refractivity contribution >= 4 is 5.91 Å². The van der Waals surface area contributed by atoms with Gasteiger partial charge in [-0.3, -0.25) is 9.78 Å². The Morgan fingerprint density at radius 3 is 2.94 bits per heavy atom. The largest absolute Gasteiger partial charge is 0.331 e. The van der Waals surface area contributed by atoms with E-state index in [4.69, 9.17) is 0 Å². The fourth-order valence-electron chi connectivity index (χ4n) is 3.19. The highest BCUT2D eigenvalue weighted by atomic mass is 16.2. The van der Waals surface area contributed by atoms with Gasteiger partial charge in [-0.2, -0.15) is 0 Å². The topological polar surface area (TPSA) is 33.2 Å². The van der Waals surface area contributed by atoms with Crippen molar-refractivity contribution in [3.8, 4) is 0 Å². The third-order valence-corrected chi connectivity index (χ3v) is 4.18. The van der Waals surface area contributed by atoms with Gasteiger partial charge in [-0.15, -0.1) is 0 Å². The lowest BCUT2D eigenvalue weighted by atomic mass is 9.56. The van der Waals surface area contributed by atoms with E-state index in [0.717, 1.165) is 12.1 Å². The standard InChI is InChI=1S/C14H16N2O/c1-2-12(17)16-10-14(6-4-7-14)13(16)11-5-3-8-15-9-11/h2-3,5,8-9,13H,1,4,6-7,10H2. The monoisotopic (exact) mass is 228 g/mol. The molecule has 1 amide bonds. The van der Waals surface area contributed by atoms with Crippen LogP contribution in [0.25, 0.3) is 0 Å². The van der Waals surface area contributed by atoms with E-state index in [1.807, 2.05) is 17.2 Å². The summed E-state index contributed by atoms with van der Waals surface area (Å²) in [5.41, 5.74) is 1.50. The lowest BCUT2D eigenvalue weighted by molar-refractivity contribution is -0.163. The van der Waals surface area contributed by atoms with Gasteiger partial charge in [-0.05, 0) is 30.5 Å². The summed E-state index contributed by atoms with van der Waals surface area (Å²) < 4.78 is 0. The molecular weight excluding hydrogens is 212 g/mol. The van der Waals surface area contributed by atoms with E-state index >= 15 is 0 Å². The first-order valence-electron chi connectivity index (χ1n) is 6.10. The smallest absolute Gasteiger partial charge is 0.246 e. The predicted molar refractivity (Wildman–Crippen MR) is 65.2 cm³/mol. The average molecular weight is 228 g/mol. The molecule has 0 bridgehead atoms. The number of nitrogens with zero attached hydrogens (tertiary/aromatic N) is 2. The van der Waals surface area contributed by atoms with Gasteiger partial charge in [-0.25, -0.2) is 0 Å². The number of carbonyl (C=O) groups excluding carboxylic acids is 1. The van der Waals surface area contributed by atoms with Crippen molar-refractivity contribution in [3.63, 3.8) is 0 Å². The first-order chi connectivity index (χ1) is 8.27. The zero-order chi connectivity index (χ0) is 11.9. The summed E-state index contributed by atoms with van der Waals surface area (Å²) in [6.07, 6.45) is 8.81. The molecule has 1 aliphatic carbocycles. The third-order valence-electron chi connectivity index (χ3n) is 4.18. The van der Waals surface area contributed by atoms with Gasteiger partial charge in [0.25, 0.3) is 0 Å². The second-order valence-electron chi connectivity index (χ2n) is 5.08. The van der Waals surface area contributed by atoms with Crippen molar-refractivity contribution in [1.82, 2.24) is 9.88 Å². The summed E-state index contributed by atoms with van der Waals surface area (Å²) in [5.74, 6) is 0.0383. The van der Waals surface area contributed by atoms with E-state index in [0.29, 0.717) is 5.41 Å². The number of pyridine rings is 1. The molecule has 0 N–H and O–H groups in total. The maximum atomic E-state index is 11.8. The van der Waals surface area contributed by atoms with E-state index < -0.39 is 0 Å². The molecule has 1 aliphatic heterocycles. The van der Waals surface area contributed by atoms with Gasteiger partial charge in [0, 0.05) is 24.4 Å². The van der Waals surface area contributed by atoms with Gasteiger partial charge in [0.15, 0.2) is 0 Å². The van der Waals surface area contributed by atoms with Gasteiger partial charge in [0.2, 0.25) is 5.91 Å². The maximum Gasteiger partial charge on any atom is 0.246 e. The normalized spacial score (nSPS) is 24.9. The number of aromatic nitrogens is 1. The van der Waals surface area contributed by atoms with E-state index in [9.17, 15) is 4.79 Å². The number of amides is 1. The highest BCUT2D eigenvalue weighted by molar-refractivity contribution is 5.88. The second kappa shape index (κ2) is 3.69. The summed E-state index contributed by atoms with van der Waals surface area (Å²) in [4.78, 5) is 17.9. The van der Waals surface area contributed by atoms with Crippen LogP contribution >= 0.6 is 0 Å². The number of rotatable bonds is 2. The van der Waals surface area contributed by atoms with Gasteiger partial charge in [0.05, 0.1) is 6.04 Å². The van der Waals surface area contributed by atoms with Crippen molar-refractivity contribution in [1.29, 1.82) is 0 Å². The summed E-state index contributed by atoms with van der Waals surface area (Å²) in [6.45, 7) is 4.46. The molecule has 1 spiro atoms. The van der Waals surface area contributed by atoms with E-state index in [-0.39, 0.29) is 11.9 Å². The van der Waals surface area contributed by atoms with Crippen LogP contribution in [0, 0.1) is 5.41 Å². The highest BCUT2D eigenvalue weighted by Crippen LogP contribution is 2.60. The summed E-state index contributed by atoms with van der Waals surface area (Å²) in [5, 5.41) is 0. The molecule has 1 aromatic rings. The zero-order valence-corrected chi connectivity index (χ0v) is 9.80. The van der Waals surface area contributed by atoms with Crippen LogP contribution < -0.4 is 0 Å². The Labute approximate surface area is 101 Å². The Morgan fingerprint density at radius 1 is 1.59 bits per heavy atom. The van der Waals surface area contributed by atoms with Crippen molar-refractivity contribution in [2.45, 2.75) is 25.3 Å². The lowest BCUT2D eigenvalue weighted by Gasteiger charge is -2.62. The van der Waals surface area contributed by atoms with Crippen molar-refractivity contribution < 1.29 is 4.79 Å². The van der Waals surface area contributed by atoms with Crippen LogP contribution in [-0.2, 0) is 4.79 Å². The van der Waals surface area contributed by atoms with Crippen LogP contribution in [0.1, 0.15) is 30.9 Å². The van der Waals surface area contributed by atoms with Crippen molar-refractivity contribution in [2.75, 3.05) is 6.54 Å². The van der Waals surface area contributed by atoms with Crippen molar-refractivity contribution in [3.05, 3.63) is 42.7 Å². The average Bonchev–Trinajstić information content (AvgIpc) is 2.27. The Balaban J connectivity index is 1.91. The molecule has 2 fully saturated rings. The number of hydrogen-bond acceptors (Lipinski definition) is 2. The molecule has 3 rings (SSSR count). The number of carbonyl (C=O) groups is 1. The minimum Gasteiger partial charge on any atom is -0.331 e. The van der Waals surface area contributed by atoms with Crippen LogP contribution in [0.3, 0.4) is 0 Å². The molecule has 3 heteroatoms. The Morgan fingerprint density at radius 2 is 2.41 bits per heavy atom. The Bertz CT molecular complexity index is 451. The van der Waals surface area contributed by atoms with Gasteiger partial charge < -0.3 is 4.90 Å². The highest BCUT2D eigenvalue weighted by Gasteiger charge is 2.57. The van der Waals surface area contributed by atoms with Crippen molar-refractivity contribution in [2.24, 2.45) is 5.41 Å². The Hall–Kier alpha value is -1.64. The lowest BCUT2D eigenvalue weighted by Crippen LogP contribution is -2.63. The molecule has 1 saturated heterocycles. The first kappa shape index (κ1) is 10.5. The third kappa shape index (κ3) is 1.42. The Kier molecular flexibility index (Phi) is 2.28. The molecule has 2 aliphatic rings. The first-order valence-corrected chi connectivity index (χ1v) is 6.10. The molecule has 88 valence electrons. The molecule has 3 nitrogen and oxygen atoms in total. The number of hydrogen-bond donors (Lipinski definition) is 0. The van der Waals surface area contributed by atoms with Crippen LogP contribution in [0.2, 0.25) is 0 Å². The summed E-state index contributed by atoms with van der Waals surface area (Å²) in [6, 6.07) is 4.23. The molecule has 1 atom stereocenters. The maximum absolute atomic E-state index is 11.8. The molecule has 0 radical (unpaired) electrons. The van der Waals surface area contributed by atoms with E-state index in [1.165, 1.54) is 25.3 Å². The molecule has 0 aromatic carbocycles. The van der Waals surface area contributed by atoms with Crippen LogP contribution in [0.4, 0.5) is 0 Å². The van der Waals surface area contributed by atoms with Gasteiger partial charge in [0.1, 0.15) is 0 Å². The SMILES string of the molecule is C=CC(=O)N1CC2(CCC2)C1c1cccnc1. The predicted octanol–water partition coefficient (Wildman–Crippen LogP) is 2.32. The fourth-order valence-corrected chi connectivity index (χ4v) is 3.19. The minimum atomic E-state index is 0.0383. The molecule has 2 heterocycles. The minimum absolute atomic E-state index is 0.0383. The van der Waals surface area contributed by atoms with Crippen LogP contribution in [0.5, 0.6) is 0 Å². The summed E-state index contributed by atoms with van der Waals surface area (Å²) in [7, 11) is 0.